The minimum Gasteiger partial charge on any atom is -0.497 e. The number of carbonyl (C=O) groups excluding carboxylic acids is 1. The van der Waals surface area contributed by atoms with Crippen LogP contribution in [0.4, 0.5) is 0 Å². The zero-order valence-electron chi connectivity index (χ0n) is 14.3. The fourth-order valence-electron chi connectivity index (χ4n) is 2.71. The molecule has 128 valence electrons. The highest BCUT2D eigenvalue weighted by molar-refractivity contribution is 7.16. The SMILES string of the molecule is COc1ccc(-c2cc(CCC=O)sc2-c2ccc(OC)cc2)cc1. The van der Waals surface area contributed by atoms with Crippen molar-refractivity contribution in [3.63, 3.8) is 0 Å². The van der Waals surface area contributed by atoms with Gasteiger partial charge in [-0.05, 0) is 60.0 Å². The van der Waals surface area contributed by atoms with Crippen molar-refractivity contribution < 1.29 is 14.3 Å². The third-order valence-corrected chi connectivity index (χ3v) is 5.29. The van der Waals surface area contributed by atoms with Gasteiger partial charge >= 0.3 is 0 Å². The molecule has 0 unspecified atom stereocenters. The van der Waals surface area contributed by atoms with E-state index in [1.165, 1.54) is 15.3 Å². The van der Waals surface area contributed by atoms with E-state index in [0.717, 1.165) is 35.3 Å². The predicted molar refractivity (Wildman–Crippen MR) is 103 cm³/mol. The molecule has 4 heteroatoms. The Hall–Kier alpha value is -2.59. The summed E-state index contributed by atoms with van der Waals surface area (Å²) in [6.45, 7) is 0. The van der Waals surface area contributed by atoms with Gasteiger partial charge in [-0.15, -0.1) is 11.3 Å². The van der Waals surface area contributed by atoms with E-state index < -0.39 is 0 Å². The van der Waals surface area contributed by atoms with Crippen LogP contribution in [0, 0.1) is 0 Å². The van der Waals surface area contributed by atoms with Crippen LogP contribution in [0.1, 0.15) is 11.3 Å². The van der Waals surface area contributed by atoms with Crippen LogP contribution < -0.4 is 9.47 Å². The number of ether oxygens (including phenoxy) is 2. The van der Waals surface area contributed by atoms with Gasteiger partial charge in [0.05, 0.1) is 14.2 Å². The largest absolute Gasteiger partial charge is 0.497 e. The third-order valence-electron chi connectivity index (χ3n) is 4.04. The van der Waals surface area contributed by atoms with Crippen LogP contribution in [-0.2, 0) is 11.2 Å². The molecule has 0 saturated heterocycles. The molecule has 0 aliphatic heterocycles. The van der Waals surface area contributed by atoms with Gasteiger partial charge in [0, 0.05) is 21.7 Å². The van der Waals surface area contributed by atoms with Gasteiger partial charge in [0.1, 0.15) is 17.8 Å². The van der Waals surface area contributed by atoms with Gasteiger partial charge in [-0.3, -0.25) is 0 Å². The first-order valence-electron chi connectivity index (χ1n) is 8.10. The van der Waals surface area contributed by atoms with Crippen LogP contribution in [0.2, 0.25) is 0 Å². The standard InChI is InChI=1S/C21H20O3S/c1-23-17-9-5-15(6-10-17)20-14-19(4-3-13-22)25-21(20)16-7-11-18(24-2)12-8-16/h5-14H,3-4H2,1-2H3. The van der Waals surface area contributed by atoms with Gasteiger partial charge in [-0.1, -0.05) is 12.1 Å². The lowest BCUT2D eigenvalue weighted by molar-refractivity contribution is -0.107. The zero-order chi connectivity index (χ0) is 17.6. The first-order chi connectivity index (χ1) is 12.2. The molecule has 0 aliphatic carbocycles. The predicted octanol–water partition coefficient (Wildman–Crippen LogP) is 5.23. The summed E-state index contributed by atoms with van der Waals surface area (Å²) < 4.78 is 10.5. The molecule has 0 amide bonds. The summed E-state index contributed by atoms with van der Waals surface area (Å²) in [6, 6.07) is 18.3. The summed E-state index contributed by atoms with van der Waals surface area (Å²) in [5.41, 5.74) is 3.47. The van der Waals surface area contributed by atoms with Crippen LogP contribution in [0.5, 0.6) is 11.5 Å². The van der Waals surface area contributed by atoms with Crippen molar-refractivity contribution in [2.45, 2.75) is 12.8 Å². The van der Waals surface area contributed by atoms with E-state index in [-0.39, 0.29) is 0 Å². The van der Waals surface area contributed by atoms with E-state index in [0.29, 0.717) is 6.42 Å². The Kier molecular flexibility index (Phi) is 5.51. The molecular formula is C21H20O3S. The Morgan fingerprint density at radius 3 is 1.96 bits per heavy atom. The number of carbonyl (C=O) groups is 1. The quantitative estimate of drug-likeness (QED) is 0.546. The Balaban J connectivity index is 2.04. The molecule has 0 fully saturated rings. The smallest absolute Gasteiger partial charge is 0.120 e. The highest BCUT2D eigenvalue weighted by atomic mass is 32.1. The van der Waals surface area contributed by atoms with E-state index in [9.17, 15) is 4.79 Å². The molecule has 3 nitrogen and oxygen atoms in total. The molecule has 0 radical (unpaired) electrons. The second-order valence-electron chi connectivity index (χ2n) is 5.62. The molecule has 1 heterocycles. The average molecular weight is 352 g/mol. The summed E-state index contributed by atoms with van der Waals surface area (Å²) in [5, 5.41) is 0. The molecule has 0 aliphatic rings. The van der Waals surface area contributed by atoms with Crippen molar-refractivity contribution >= 4 is 17.6 Å². The van der Waals surface area contributed by atoms with Crippen LogP contribution in [0.15, 0.2) is 54.6 Å². The van der Waals surface area contributed by atoms with E-state index in [4.69, 9.17) is 9.47 Å². The monoisotopic (exact) mass is 352 g/mol. The first-order valence-corrected chi connectivity index (χ1v) is 8.92. The number of rotatable bonds is 7. The number of methoxy groups -OCH3 is 2. The van der Waals surface area contributed by atoms with Crippen molar-refractivity contribution in [3.05, 3.63) is 59.5 Å². The maximum atomic E-state index is 10.7. The normalized spacial score (nSPS) is 10.5. The zero-order valence-corrected chi connectivity index (χ0v) is 15.1. The summed E-state index contributed by atoms with van der Waals surface area (Å²) in [5.74, 6) is 1.68. The summed E-state index contributed by atoms with van der Waals surface area (Å²) in [7, 11) is 3.33. The Morgan fingerprint density at radius 2 is 1.44 bits per heavy atom. The molecular weight excluding hydrogens is 332 g/mol. The fraction of sp³-hybridized carbons (Fsp3) is 0.190. The minimum atomic E-state index is 0.546. The molecule has 3 rings (SSSR count). The van der Waals surface area contributed by atoms with Crippen LogP contribution in [0.3, 0.4) is 0 Å². The molecule has 1 aromatic heterocycles. The topological polar surface area (TPSA) is 35.5 Å². The maximum absolute atomic E-state index is 10.7. The number of hydrogen-bond donors (Lipinski definition) is 0. The van der Waals surface area contributed by atoms with Crippen molar-refractivity contribution in [1.82, 2.24) is 0 Å². The van der Waals surface area contributed by atoms with Crippen LogP contribution in [0.25, 0.3) is 21.6 Å². The fourth-order valence-corrected chi connectivity index (χ4v) is 3.91. The lowest BCUT2D eigenvalue weighted by atomic mass is 10.0. The van der Waals surface area contributed by atoms with Gasteiger partial charge in [0.2, 0.25) is 0 Å². The van der Waals surface area contributed by atoms with E-state index >= 15 is 0 Å². The summed E-state index contributed by atoms with van der Waals surface area (Å²) in [6.07, 6.45) is 2.29. The van der Waals surface area contributed by atoms with E-state index in [1.54, 1.807) is 25.6 Å². The van der Waals surface area contributed by atoms with Crippen molar-refractivity contribution in [3.8, 4) is 33.1 Å². The van der Waals surface area contributed by atoms with Crippen LogP contribution in [-0.4, -0.2) is 20.5 Å². The molecule has 3 aromatic rings. The molecule has 0 N–H and O–H groups in total. The number of benzene rings is 2. The number of thiophene rings is 1. The average Bonchev–Trinajstić information content (AvgIpc) is 3.10. The Bertz CT molecular complexity index is 768. The van der Waals surface area contributed by atoms with Gasteiger partial charge in [-0.2, -0.15) is 0 Å². The lowest BCUT2D eigenvalue weighted by Gasteiger charge is -2.07. The molecule has 0 saturated carbocycles. The van der Waals surface area contributed by atoms with Gasteiger partial charge < -0.3 is 14.3 Å². The maximum Gasteiger partial charge on any atom is 0.120 e. The molecule has 0 atom stereocenters. The van der Waals surface area contributed by atoms with Crippen molar-refractivity contribution in [1.29, 1.82) is 0 Å². The second-order valence-corrected chi connectivity index (χ2v) is 6.75. The molecule has 0 spiro atoms. The van der Waals surface area contributed by atoms with Gasteiger partial charge in [0.25, 0.3) is 0 Å². The number of hydrogen-bond acceptors (Lipinski definition) is 4. The van der Waals surface area contributed by atoms with Gasteiger partial charge in [-0.25, -0.2) is 0 Å². The third kappa shape index (κ3) is 3.91. The summed E-state index contributed by atoms with van der Waals surface area (Å²) >= 11 is 1.74. The minimum absolute atomic E-state index is 0.546. The van der Waals surface area contributed by atoms with Crippen LogP contribution >= 0.6 is 11.3 Å². The van der Waals surface area contributed by atoms with Crippen molar-refractivity contribution in [2.24, 2.45) is 0 Å². The summed E-state index contributed by atoms with van der Waals surface area (Å²) in [4.78, 5) is 13.1. The number of aldehydes is 1. The van der Waals surface area contributed by atoms with Crippen molar-refractivity contribution in [2.75, 3.05) is 14.2 Å². The van der Waals surface area contributed by atoms with Gasteiger partial charge in [0.15, 0.2) is 0 Å². The molecule has 25 heavy (non-hydrogen) atoms. The Labute approximate surface area is 151 Å². The first kappa shape index (κ1) is 17.2. The Morgan fingerprint density at radius 1 is 0.880 bits per heavy atom. The lowest BCUT2D eigenvalue weighted by Crippen LogP contribution is -1.84. The number of aryl methyl sites for hydroxylation is 1. The second kappa shape index (κ2) is 7.99. The highest BCUT2D eigenvalue weighted by Crippen LogP contribution is 2.40. The van der Waals surface area contributed by atoms with E-state index in [1.807, 2.05) is 24.3 Å². The van der Waals surface area contributed by atoms with E-state index in [2.05, 4.69) is 30.3 Å². The molecule has 0 bridgehead atoms. The molecule has 2 aromatic carbocycles. The highest BCUT2D eigenvalue weighted by Gasteiger charge is 2.13.